The van der Waals surface area contributed by atoms with Crippen LogP contribution in [0.25, 0.3) is 0 Å². The SMILES string of the molecule is CC(F)(F)C(F)(F)/C([O-])=C/C(=O)C(F)(F)F.CC(F)(F)C(F)(F)/C([O-])=C/C(=O)C(F)(F)F.[Cu+2]. The van der Waals surface area contributed by atoms with E-state index in [0.29, 0.717) is 0 Å². The molecule has 0 N–H and O–H groups in total. The molecule has 33 heavy (non-hydrogen) atoms. The van der Waals surface area contributed by atoms with E-state index in [2.05, 4.69) is 0 Å². The number of carbonyl (C=O) groups excluding carboxylic acids is 2. The van der Waals surface area contributed by atoms with Crippen molar-refractivity contribution >= 4 is 11.6 Å². The Balaban J connectivity index is -0.000000529. The number of ketones is 2. The van der Waals surface area contributed by atoms with Gasteiger partial charge >= 0.3 is 53.1 Å². The molecule has 1 radical (unpaired) electrons. The van der Waals surface area contributed by atoms with Crippen LogP contribution >= 0.6 is 0 Å². The zero-order chi connectivity index (χ0) is 26.7. The summed E-state index contributed by atoms with van der Waals surface area (Å²) < 4.78 is 167. The van der Waals surface area contributed by atoms with Crippen molar-refractivity contribution in [2.45, 2.75) is 49.9 Å². The number of alkyl halides is 14. The molecule has 0 atom stereocenters. The third kappa shape index (κ3) is 10.2. The molecule has 19 heteroatoms. The summed E-state index contributed by atoms with van der Waals surface area (Å²) in [5.74, 6) is -32.0. The second kappa shape index (κ2) is 10.9. The zero-order valence-electron chi connectivity index (χ0n) is 15.4. The van der Waals surface area contributed by atoms with E-state index in [-0.39, 0.29) is 30.9 Å². The Morgan fingerprint density at radius 2 is 0.727 bits per heavy atom. The van der Waals surface area contributed by atoms with Crippen LogP contribution in [-0.4, -0.2) is 47.6 Å². The normalized spacial score (nSPS) is 14.7. The number of hydrogen-bond donors (Lipinski definition) is 0. The fourth-order valence-electron chi connectivity index (χ4n) is 1.02. The van der Waals surface area contributed by atoms with Crippen molar-refractivity contribution in [2.75, 3.05) is 0 Å². The fourth-order valence-corrected chi connectivity index (χ4v) is 1.02. The molecule has 0 heterocycles. The van der Waals surface area contributed by atoms with Gasteiger partial charge in [-0.3, -0.25) is 9.59 Å². The van der Waals surface area contributed by atoms with Gasteiger partial charge in [-0.25, -0.2) is 0 Å². The van der Waals surface area contributed by atoms with Crippen LogP contribution in [0, 0.1) is 0 Å². The monoisotopic (exact) mass is 569 g/mol. The molecule has 0 aliphatic rings. The minimum absolute atomic E-state index is 0. The molecule has 0 bridgehead atoms. The number of hydrogen-bond acceptors (Lipinski definition) is 4. The van der Waals surface area contributed by atoms with Gasteiger partial charge < -0.3 is 10.2 Å². The Morgan fingerprint density at radius 3 is 0.848 bits per heavy atom. The van der Waals surface area contributed by atoms with Crippen molar-refractivity contribution in [1.29, 1.82) is 0 Å². The molecule has 0 aromatic rings. The smallest absolute Gasteiger partial charge is 0.871 e. The third-order valence-corrected chi connectivity index (χ3v) is 2.80. The van der Waals surface area contributed by atoms with E-state index >= 15 is 0 Å². The molecule has 0 saturated heterocycles. The first kappa shape index (κ1) is 35.5. The van der Waals surface area contributed by atoms with E-state index < -0.39 is 71.3 Å². The summed E-state index contributed by atoms with van der Waals surface area (Å²) in [4.78, 5) is 20.1. The van der Waals surface area contributed by atoms with Gasteiger partial charge in [-0.05, 0) is 12.2 Å². The Bertz CT molecular complexity index is 690. The van der Waals surface area contributed by atoms with Crippen LogP contribution in [0.2, 0.25) is 0 Å². The van der Waals surface area contributed by atoms with Crippen molar-refractivity contribution in [3.63, 3.8) is 0 Å². The van der Waals surface area contributed by atoms with Gasteiger partial charge in [0.2, 0.25) is 0 Å². The van der Waals surface area contributed by atoms with Crippen molar-refractivity contribution < 1.29 is 98.3 Å². The maximum Gasteiger partial charge on any atom is 2.00 e. The first-order valence-corrected chi connectivity index (χ1v) is 7.12. The van der Waals surface area contributed by atoms with E-state index in [0.717, 1.165) is 0 Å². The van der Waals surface area contributed by atoms with Crippen molar-refractivity contribution in [3.8, 4) is 0 Å². The van der Waals surface area contributed by atoms with Gasteiger partial charge in [0.15, 0.2) is 0 Å². The Hall–Kier alpha value is -2.04. The quantitative estimate of drug-likeness (QED) is 0.213. The van der Waals surface area contributed by atoms with Gasteiger partial charge in [0.25, 0.3) is 11.6 Å². The minimum Gasteiger partial charge on any atom is -0.871 e. The van der Waals surface area contributed by atoms with Gasteiger partial charge in [0, 0.05) is 13.8 Å². The topological polar surface area (TPSA) is 80.3 Å². The average Bonchev–Trinajstić information content (AvgIpc) is 2.51. The molecule has 0 aliphatic carbocycles. The third-order valence-electron chi connectivity index (χ3n) is 2.80. The summed E-state index contributed by atoms with van der Waals surface area (Å²) in [6, 6.07) is 0. The summed E-state index contributed by atoms with van der Waals surface area (Å²) in [6.45, 7) is -0.701. The largest absolute Gasteiger partial charge is 2.00 e. The number of allylic oxidation sites excluding steroid dienone is 4. The molecular weight excluding hydrogens is 562 g/mol. The molecule has 0 aromatic carbocycles. The second-order valence-electron chi connectivity index (χ2n) is 5.67. The molecule has 4 nitrogen and oxygen atoms in total. The summed E-state index contributed by atoms with van der Waals surface area (Å²) in [6.07, 6.45) is -13.3. The maximum atomic E-state index is 12.4. The van der Waals surface area contributed by atoms with Crippen molar-refractivity contribution in [2.24, 2.45) is 0 Å². The summed E-state index contributed by atoms with van der Waals surface area (Å²) in [5.41, 5.74) is 0. The van der Waals surface area contributed by atoms with Crippen LogP contribution in [-0.2, 0) is 26.7 Å². The average molecular weight is 570 g/mol. The standard InChI is InChI=1S/2C7H5F7O2.Cu/c2*1-5(8,9)6(10,11)3(15)2-4(16)7(12,13)14;/h2*2,15H,1H3;/q;;+2/p-2/b2*3-2-;. The van der Waals surface area contributed by atoms with Crippen LogP contribution in [0.5, 0.6) is 0 Å². The molecule has 0 spiro atoms. The van der Waals surface area contributed by atoms with E-state index in [1.54, 1.807) is 0 Å². The van der Waals surface area contributed by atoms with Crippen LogP contribution in [0.3, 0.4) is 0 Å². The summed E-state index contributed by atoms with van der Waals surface area (Å²) in [7, 11) is 0. The van der Waals surface area contributed by atoms with Crippen LogP contribution < -0.4 is 10.2 Å². The molecule has 0 amide bonds. The van der Waals surface area contributed by atoms with Gasteiger partial charge in [-0.1, -0.05) is 11.5 Å². The van der Waals surface area contributed by atoms with Gasteiger partial charge in [-0.15, -0.1) is 0 Å². The van der Waals surface area contributed by atoms with Gasteiger partial charge in [0.1, 0.15) is 0 Å². The number of rotatable bonds is 6. The molecule has 0 aromatic heterocycles. The van der Waals surface area contributed by atoms with Crippen LogP contribution in [0.15, 0.2) is 23.7 Å². The molecular formula is C14H8CuF14O4. The number of halogens is 14. The van der Waals surface area contributed by atoms with Crippen molar-refractivity contribution in [3.05, 3.63) is 23.7 Å². The summed E-state index contributed by atoms with van der Waals surface area (Å²) >= 11 is 0. The molecule has 0 unspecified atom stereocenters. The Labute approximate surface area is 184 Å². The van der Waals surface area contributed by atoms with Crippen molar-refractivity contribution in [1.82, 2.24) is 0 Å². The molecule has 197 valence electrons. The molecule has 0 aliphatic heterocycles. The van der Waals surface area contributed by atoms with Crippen LogP contribution in [0.4, 0.5) is 61.5 Å². The Kier molecular flexibility index (Phi) is 11.8. The predicted molar refractivity (Wildman–Crippen MR) is 69.4 cm³/mol. The van der Waals surface area contributed by atoms with Gasteiger partial charge in [-0.2, -0.15) is 61.5 Å². The molecule has 0 rings (SSSR count). The van der Waals surface area contributed by atoms with Crippen LogP contribution in [0.1, 0.15) is 13.8 Å². The summed E-state index contributed by atoms with van der Waals surface area (Å²) in [5, 5.41) is 20.7. The minimum atomic E-state index is -5.56. The predicted octanol–water partition coefficient (Wildman–Crippen LogP) is 3.30. The Morgan fingerprint density at radius 1 is 0.545 bits per heavy atom. The van der Waals surface area contributed by atoms with E-state index in [1.807, 2.05) is 0 Å². The van der Waals surface area contributed by atoms with E-state index in [4.69, 9.17) is 0 Å². The zero-order valence-corrected chi connectivity index (χ0v) is 16.3. The van der Waals surface area contributed by atoms with E-state index in [1.165, 1.54) is 0 Å². The first-order valence-electron chi connectivity index (χ1n) is 7.12. The number of carbonyl (C=O) groups is 2. The maximum absolute atomic E-state index is 12.4. The van der Waals surface area contributed by atoms with Gasteiger partial charge in [0.05, 0.1) is 0 Å². The van der Waals surface area contributed by atoms with E-state index in [9.17, 15) is 81.3 Å². The fraction of sp³-hybridized carbons (Fsp3) is 0.571. The first-order chi connectivity index (χ1) is 13.6. The molecule has 0 saturated carbocycles. The molecule has 0 fully saturated rings. The second-order valence-corrected chi connectivity index (χ2v) is 5.67.